The molecule has 10 heteroatoms. The molecule has 0 spiro atoms. The lowest BCUT2D eigenvalue weighted by atomic mass is 9.95. The molecule has 9 nitrogen and oxygen atoms in total. The van der Waals surface area contributed by atoms with Crippen molar-refractivity contribution in [2.45, 2.75) is 13.5 Å². The summed E-state index contributed by atoms with van der Waals surface area (Å²) in [6.07, 6.45) is -0.707. The van der Waals surface area contributed by atoms with Crippen LogP contribution in [0.15, 0.2) is 79.4 Å². The van der Waals surface area contributed by atoms with Crippen LogP contribution in [0.25, 0.3) is 16.5 Å². The molecule has 0 fully saturated rings. The van der Waals surface area contributed by atoms with Gasteiger partial charge in [-0.05, 0) is 65.6 Å². The Bertz CT molecular complexity index is 1510. The van der Waals surface area contributed by atoms with Gasteiger partial charge in [-0.3, -0.25) is 20.1 Å². The zero-order valence-corrected chi connectivity index (χ0v) is 21.1. The Labute approximate surface area is 213 Å². The summed E-state index contributed by atoms with van der Waals surface area (Å²) in [6.45, 7) is 6.15. The van der Waals surface area contributed by atoms with Crippen molar-refractivity contribution in [3.8, 4) is 11.5 Å². The van der Waals surface area contributed by atoms with Crippen molar-refractivity contribution in [2.24, 2.45) is 0 Å². The molecule has 3 aromatic carbocycles. The van der Waals surface area contributed by atoms with Gasteiger partial charge in [0.25, 0.3) is 0 Å². The van der Waals surface area contributed by atoms with E-state index in [1.54, 1.807) is 12.1 Å². The molecule has 0 bridgehead atoms. The van der Waals surface area contributed by atoms with Gasteiger partial charge in [0, 0.05) is 11.1 Å². The number of aromatic nitrogens is 1. The number of hydrogen-bond donors (Lipinski definition) is 3. The number of carbonyl (C=O) groups is 1. The third-order valence-corrected chi connectivity index (χ3v) is 5.92. The van der Waals surface area contributed by atoms with E-state index in [9.17, 15) is 9.36 Å². The van der Waals surface area contributed by atoms with Gasteiger partial charge in [0.05, 0.1) is 18.3 Å². The second-order valence-corrected chi connectivity index (χ2v) is 9.31. The van der Waals surface area contributed by atoms with Crippen LogP contribution in [0.4, 0.5) is 10.5 Å². The summed E-state index contributed by atoms with van der Waals surface area (Å²) < 4.78 is 26.1. The van der Waals surface area contributed by atoms with Gasteiger partial charge in [0.15, 0.2) is 0 Å². The Morgan fingerprint density at radius 3 is 2.49 bits per heavy atom. The lowest BCUT2D eigenvalue weighted by Gasteiger charge is -2.15. The molecule has 0 aliphatic heterocycles. The van der Waals surface area contributed by atoms with Crippen LogP contribution in [0.2, 0.25) is 0 Å². The summed E-state index contributed by atoms with van der Waals surface area (Å²) >= 11 is 0. The number of phosphoric ester groups is 1. The number of fused-ring (bicyclic) bond motifs is 1. The Hall–Kier alpha value is -4.17. The number of nitrogens with zero attached hydrogens (tertiary/aromatic N) is 1. The summed E-state index contributed by atoms with van der Waals surface area (Å²) in [4.78, 5) is 34.9. The quantitative estimate of drug-likeness (QED) is 0.248. The standard InChI is InChI=1S/C27H25N2O7P/c1-17-14-23(22-6-4-5-7-24(22)28-17)18(2)20-10-13-26(34-3)25(15-20)29-27(30)35-16-19-8-11-21(12-9-19)36-37(31,32)33/h4-15H,2,16H2,1,3H3,(H,29,30)(H2,31,32,33). The van der Waals surface area contributed by atoms with E-state index in [4.69, 9.17) is 19.3 Å². The lowest BCUT2D eigenvalue weighted by Crippen LogP contribution is -2.14. The summed E-state index contributed by atoms with van der Waals surface area (Å²) in [5, 5.41) is 3.67. The van der Waals surface area contributed by atoms with Gasteiger partial charge in [-0.15, -0.1) is 0 Å². The number of nitrogens with one attached hydrogen (secondary N) is 1. The van der Waals surface area contributed by atoms with E-state index in [0.29, 0.717) is 17.0 Å². The topological polar surface area (TPSA) is 127 Å². The first kappa shape index (κ1) is 25.9. The Kier molecular flexibility index (Phi) is 7.59. The second kappa shape index (κ2) is 10.8. The van der Waals surface area contributed by atoms with Crippen molar-refractivity contribution in [2.75, 3.05) is 12.4 Å². The third-order valence-electron chi connectivity index (χ3n) is 5.47. The van der Waals surface area contributed by atoms with Crippen LogP contribution < -0.4 is 14.6 Å². The number of ether oxygens (including phenoxy) is 2. The molecule has 4 aromatic rings. The maximum Gasteiger partial charge on any atom is 0.524 e. The lowest BCUT2D eigenvalue weighted by molar-refractivity contribution is 0.155. The minimum Gasteiger partial charge on any atom is -0.495 e. The summed E-state index contributed by atoms with van der Waals surface area (Å²) in [5.74, 6) is 0.448. The number of benzene rings is 3. The van der Waals surface area contributed by atoms with Gasteiger partial charge in [-0.25, -0.2) is 9.36 Å². The van der Waals surface area contributed by atoms with Crippen molar-refractivity contribution < 1.29 is 33.1 Å². The zero-order valence-electron chi connectivity index (χ0n) is 20.2. The fraction of sp³-hybridized carbons (Fsp3) is 0.111. The smallest absolute Gasteiger partial charge is 0.495 e. The van der Waals surface area contributed by atoms with Gasteiger partial charge in [-0.1, -0.05) is 43.0 Å². The number of carbonyl (C=O) groups excluding carboxylic acids is 1. The largest absolute Gasteiger partial charge is 0.524 e. The van der Waals surface area contributed by atoms with Gasteiger partial charge in [0.1, 0.15) is 18.1 Å². The number of para-hydroxylation sites is 1. The van der Waals surface area contributed by atoms with E-state index in [1.807, 2.05) is 43.3 Å². The Morgan fingerprint density at radius 2 is 1.78 bits per heavy atom. The van der Waals surface area contributed by atoms with Crippen LogP contribution in [0, 0.1) is 6.92 Å². The van der Waals surface area contributed by atoms with Crippen LogP contribution in [0.3, 0.4) is 0 Å². The Balaban J connectivity index is 1.49. The summed E-state index contributed by atoms with van der Waals surface area (Å²) in [5.41, 5.74) is 5.23. The molecule has 0 radical (unpaired) electrons. The first-order valence-corrected chi connectivity index (χ1v) is 12.7. The average molecular weight is 520 g/mol. The molecule has 0 aliphatic carbocycles. The first-order chi connectivity index (χ1) is 17.6. The van der Waals surface area contributed by atoms with Crippen molar-refractivity contribution in [3.05, 3.63) is 102 Å². The molecule has 1 aromatic heterocycles. The van der Waals surface area contributed by atoms with Crippen LogP contribution in [0.1, 0.15) is 22.4 Å². The van der Waals surface area contributed by atoms with Crippen LogP contribution in [-0.4, -0.2) is 28.0 Å². The van der Waals surface area contributed by atoms with Crippen molar-refractivity contribution >= 4 is 36.1 Å². The van der Waals surface area contributed by atoms with Crippen molar-refractivity contribution in [3.63, 3.8) is 0 Å². The number of methoxy groups -OCH3 is 1. The van der Waals surface area contributed by atoms with E-state index < -0.39 is 13.9 Å². The second-order valence-electron chi connectivity index (χ2n) is 8.15. The molecule has 3 N–H and O–H groups in total. The highest BCUT2D eigenvalue weighted by atomic mass is 31.2. The molecule has 190 valence electrons. The molecule has 1 heterocycles. The van der Waals surface area contributed by atoms with Gasteiger partial charge in [-0.2, -0.15) is 0 Å². The maximum atomic E-state index is 12.5. The maximum absolute atomic E-state index is 12.5. The SMILES string of the molecule is C=C(c1ccc(OC)c(NC(=O)OCc2ccc(OP(=O)(O)O)cc2)c1)c1cc(C)nc2ccccc12. The molecule has 0 saturated heterocycles. The molecular weight excluding hydrogens is 495 g/mol. The van der Waals surface area contributed by atoms with E-state index in [-0.39, 0.29) is 12.4 Å². The number of pyridine rings is 1. The number of rotatable bonds is 8. The predicted molar refractivity (Wildman–Crippen MR) is 141 cm³/mol. The molecule has 0 aliphatic rings. The summed E-state index contributed by atoms with van der Waals surface area (Å²) in [7, 11) is -3.14. The number of phosphoric acid groups is 1. The molecule has 0 atom stereocenters. The molecule has 4 rings (SSSR count). The average Bonchev–Trinajstić information content (AvgIpc) is 2.86. The number of anilines is 1. The van der Waals surface area contributed by atoms with E-state index >= 15 is 0 Å². The van der Waals surface area contributed by atoms with E-state index in [2.05, 4.69) is 21.4 Å². The molecule has 0 unspecified atom stereocenters. The zero-order chi connectivity index (χ0) is 26.6. The van der Waals surface area contributed by atoms with Crippen LogP contribution in [-0.2, 0) is 15.9 Å². The number of hydrogen-bond acceptors (Lipinski definition) is 6. The van der Waals surface area contributed by atoms with E-state index in [1.165, 1.54) is 31.4 Å². The highest BCUT2D eigenvalue weighted by Crippen LogP contribution is 2.37. The normalized spacial score (nSPS) is 11.1. The van der Waals surface area contributed by atoms with Crippen molar-refractivity contribution in [1.29, 1.82) is 0 Å². The van der Waals surface area contributed by atoms with Crippen LogP contribution >= 0.6 is 7.82 Å². The first-order valence-electron chi connectivity index (χ1n) is 11.1. The predicted octanol–water partition coefficient (Wildman–Crippen LogP) is 5.83. The highest BCUT2D eigenvalue weighted by Gasteiger charge is 2.16. The molecule has 0 saturated carbocycles. The number of aryl methyl sites for hydroxylation is 1. The fourth-order valence-corrected chi connectivity index (χ4v) is 4.18. The van der Waals surface area contributed by atoms with E-state index in [0.717, 1.165) is 33.3 Å². The minimum atomic E-state index is -4.64. The van der Waals surface area contributed by atoms with Crippen molar-refractivity contribution in [1.82, 2.24) is 4.98 Å². The molecule has 37 heavy (non-hydrogen) atoms. The van der Waals surface area contributed by atoms with Crippen LogP contribution in [0.5, 0.6) is 11.5 Å². The molecular formula is C27H25N2O7P. The minimum absolute atomic E-state index is 0.000449. The fourth-order valence-electron chi connectivity index (χ4n) is 3.79. The Morgan fingerprint density at radius 1 is 1.05 bits per heavy atom. The van der Waals surface area contributed by atoms with Gasteiger partial charge >= 0.3 is 13.9 Å². The van der Waals surface area contributed by atoms with Gasteiger partial charge < -0.3 is 14.0 Å². The molecule has 1 amide bonds. The summed E-state index contributed by atoms with van der Waals surface area (Å²) in [6, 6.07) is 21.0. The number of amides is 1. The highest BCUT2D eigenvalue weighted by molar-refractivity contribution is 7.46. The monoisotopic (exact) mass is 520 g/mol. The third kappa shape index (κ3) is 6.54. The van der Waals surface area contributed by atoms with Gasteiger partial charge in [0.2, 0.25) is 0 Å².